The van der Waals surface area contributed by atoms with Crippen molar-refractivity contribution in [3.63, 3.8) is 0 Å². The van der Waals surface area contributed by atoms with Gasteiger partial charge in [-0.05, 0) is 6.08 Å². The molecule has 0 aromatic carbocycles. The lowest BCUT2D eigenvalue weighted by atomic mass is 10.3. The molecule has 0 aliphatic heterocycles. The second kappa shape index (κ2) is 7.09. The minimum Gasteiger partial charge on any atom is -0.350 e. The average Bonchev–Trinajstić information content (AvgIpc) is 3.04. The largest absolute Gasteiger partial charge is 0.411 e. The molecule has 0 saturated carbocycles. The number of carbonyl (C=O) groups is 1. The SMILES string of the molecule is Cn1cc(/C=C/C(=O)Nc2cnn(COCC(F)(F)F)c2)cn1. The average molecular weight is 329 g/mol. The number of nitrogens with one attached hydrogen (secondary N) is 1. The molecule has 1 amide bonds. The fourth-order valence-electron chi connectivity index (χ4n) is 1.64. The van der Waals surface area contributed by atoms with Crippen LogP contribution < -0.4 is 5.32 Å². The number of nitrogens with zero attached hydrogens (tertiary/aromatic N) is 4. The topological polar surface area (TPSA) is 74.0 Å². The Morgan fingerprint density at radius 3 is 2.78 bits per heavy atom. The van der Waals surface area contributed by atoms with E-state index in [9.17, 15) is 18.0 Å². The van der Waals surface area contributed by atoms with Crippen LogP contribution >= 0.6 is 0 Å². The Morgan fingerprint density at radius 2 is 2.13 bits per heavy atom. The molecule has 10 heteroatoms. The Balaban J connectivity index is 1.81. The lowest BCUT2D eigenvalue weighted by Crippen LogP contribution is -2.18. The van der Waals surface area contributed by atoms with Crippen molar-refractivity contribution >= 4 is 17.7 Å². The van der Waals surface area contributed by atoms with Gasteiger partial charge in [-0.15, -0.1) is 0 Å². The van der Waals surface area contributed by atoms with Gasteiger partial charge in [-0.3, -0.25) is 9.48 Å². The van der Waals surface area contributed by atoms with Crippen LogP contribution in [0.15, 0.2) is 30.9 Å². The molecule has 0 saturated heterocycles. The van der Waals surface area contributed by atoms with E-state index >= 15 is 0 Å². The monoisotopic (exact) mass is 329 g/mol. The molecule has 0 bridgehead atoms. The van der Waals surface area contributed by atoms with Crippen molar-refractivity contribution in [2.45, 2.75) is 12.9 Å². The molecule has 2 heterocycles. The number of alkyl halides is 3. The highest BCUT2D eigenvalue weighted by Crippen LogP contribution is 2.15. The van der Waals surface area contributed by atoms with Gasteiger partial charge in [0.2, 0.25) is 5.91 Å². The van der Waals surface area contributed by atoms with Crippen molar-refractivity contribution in [1.82, 2.24) is 19.6 Å². The third kappa shape index (κ3) is 5.94. The van der Waals surface area contributed by atoms with Crippen LogP contribution in [0.25, 0.3) is 6.08 Å². The van der Waals surface area contributed by atoms with Gasteiger partial charge in [-0.1, -0.05) is 0 Å². The molecule has 0 atom stereocenters. The Hall–Kier alpha value is -2.62. The van der Waals surface area contributed by atoms with E-state index in [1.54, 1.807) is 30.2 Å². The number of carbonyl (C=O) groups excluding carboxylic acids is 1. The van der Waals surface area contributed by atoms with Gasteiger partial charge in [0, 0.05) is 24.9 Å². The minimum absolute atomic E-state index is 0.349. The number of amides is 1. The maximum absolute atomic E-state index is 11.9. The van der Waals surface area contributed by atoms with E-state index in [0.29, 0.717) is 5.69 Å². The van der Waals surface area contributed by atoms with Crippen LogP contribution in [0.2, 0.25) is 0 Å². The number of hydrogen-bond acceptors (Lipinski definition) is 4. The molecule has 0 fully saturated rings. The third-order valence-electron chi connectivity index (χ3n) is 2.54. The van der Waals surface area contributed by atoms with Gasteiger partial charge in [-0.25, -0.2) is 4.68 Å². The highest BCUT2D eigenvalue weighted by atomic mass is 19.4. The summed E-state index contributed by atoms with van der Waals surface area (Å²) < 4.78 is 43.0. The Morgan fingerprint density at radius 1 is 1.35 bits per heavy atom. The van der Waals surface area contributed by atoms with Gasteiger partial charge in [0.1, 0.15) is 13.3 Å². The van der Waals surface area contributed by atoms with Gasteiger partial charge in [0.05, 0.1) is 24.3 Å². The molecular formula is C13H14F3N5O2. The summed E-state index contributed by atoms with van der Waals surface area (Å²) in [5.74, 6) is -0.399. The van der Waals surface area contributed by atoms with Crippen LogP contribution in [0, 0.1) is 0 Å². The molecule has 0 aliphatic rings. The van der Waals surface area contributed by atoms with Gasteiger partial charge in [-0.2, -0.15) is 23.4 Å². The predicted molar refractivity (Wildman–Crippen MR) is 75.1 cm³/mol. The summed E-state index contributed by atoms with van der Waals surface area (Å²) in [4.78, 5) is 11.7. The smallest absolute Gasteiger partial charge is 0.350 e. The van der Waals surface area contributed by atoms with Crippen LogP contribution in [0.1, 0.15) is 5.56 Å². The van der Waals surface area contributed by atoms with Crippen molar-refractivity contribution < 1.29 is 22.7 Å². The van der Waals surface area contributed by atoms with E-state index in [4.69, 9.17) is 0 Å². The number of aryl methyl sites for hydroxylation is 1. The standard InChI is InChI=1S/C13H14F3N5O2/c1-20-6-10(4-17-20)2-3-12(22)19-11-5-18-21(7-11)9-23-8-13(14,15)16/h2-7H,8-9H2,1H3,(H,19,22)/b3-2+. The van der Waals surface area contributed by atoms with Gasteiger partial charge >= 0.3 is 6.18 Å². The van der Waals surface area contributed by atoms with Gasteiger partial charge < -0.3 is 10.1 Å². The summed E-state index contributed by atoms with van der Waals surface area (Å²) in [6.07, 6.45) is 4.52. The first-order chi connectivity index (χ1) is 10.8. The zero-order valence-corrected chi connectivity index (χ0v) is 12.1. The number of aromatic nitrogens is 4. The number of anilines is 1. The first-order valence-corrected chi connectivity index (χ1v) is 6.46. The predicted octanol–water partition coefficient (Wildman–Crippen LogP) is 1.80. The molecule has 2 rings (SSSR count). The summed E-state index contributed by atoms with van der Waals surface area (Å²) in [6, 6.07) is 0. The zero-order chi connectivity index (χ0) is 16.9. The third-order valence-corrected chi connectivity index (χ3v) is 2.54. The van der Waals surface area contributed by atoms with E-state index in [1.165, 1.54) is 18.5 Å². The molecule has 1 N–H and O–H groups in total. The number of ether oxygens (including phenoxy) is 1. The fourth-order valence-corrected chi connectivity index (χ4v) is 1.64. The number of rotatable bonds is 6. The van der Waals surface area contributed by atoms with Gasteiger partial charge in [0.15, 0.2) is 0 Å². The van der Waals surface area contributed by atoms with E-state index in [2.05, 4.69) is 20.3 Å². The van der Waals surface area contributed by atoms with E-state index in [-0.39, 0.29) is 6.73 Å². The lowest BCUT2D eigenvalue weighted by molar-refractivity contribution is -0.182. The molecule has 0 aliphatic carbocycles. The summed E-state index contributed by atoms with van der Waals surface area (Å²) in [6.45, 7) is -1.72. The number of hydrogen-bond donors (Lipinski definition) is 1. The first-order valence-electron chi connectivity index (χ1n) is 6.46. The van der Waals surface area contributed by atoms with Crippen LogP contribution in [0.3, 0.4) is 0 Å². The zero-order valence-electron chi connectivity index (χ0n) is 12.1. The van der Waals surface area contributed by atoms with Crippen LogP contribution in [-0.2, 0) is 23.3 Å². The molecule has 23 heavy (non-hydrogen) atoms. The second-order valence-electron chi connectivity index (χ2n) is 4.63. The van der Waals surface area contributed by atoms with E-state index in [1.807, 2.05) is 0 Å². The van der Waals surface area contributed by atoms with Gasteiger partial charge in [0.25, 0.3) is 0 Å². The maximum atomic E-state index is 11.9. The van der Waals surface area contributed by atoms with Crippen molar-refractivity contribution in [1.29, 1.82) is 0 Å². The molecule has 124 valence electrons. The second-order valence-corrected chi connectivity index (χ2v) is 4.63. The molecule has 2 aromatic heterocycles. The molecule has 0 radical (unpaired) electrons. The van der Waals surface area contributed by atoms with Crippen molar-refractivity contribution in [2.24, 2.45) is 7.05 Å². The molecule has 0 unspecified atom stereocenters. The highest BCUT2D eigenvalue weighted by Gasteiger charge is 2.27. The number of halogens is 3. The maximum Gasteiger partial charge on any atom is 0.411 e. The quantitative estimate of drug-likeness (QED) is 0.820. The molecular weight excluding hydrogens is 315 g/mol. The van der Waals surface area contributed by atoms with Crippen LogP contribution in [-0.4, -0.2) is 38.3 Å². The Labute approximate surface area is 129 Å². The summed E-state index contributed by atoms with van der Waals surface area (Å²) in [5.41, 5.74) is 1.11. The van der Waals surface area contributed by atoms with E-state index < -0.39 is 18.7 Å². The highest BCUT2D eigenvalue weighted by molar-refractivity contribution is 6.01. The normalized spacial score (nSPS) is 12.0. The molecule has 2 aromatic rings. The van der Waals surface area contributed by atoms with E-state index in [0.717, 1.165) is 10.2 Å². The van der Waals surface area contributed by atoms with Crippen molar-refractivity contribution in [3.05, 3.63) is 36.4 Å². The van der Waals surface area contributed by atoms with Crippen LogP contribution in [0.4, 0.5) is 18.9 Å². The van der Waals surface area contributed by atoms with Crippen molar-refractivity contribution in [2.75, 3.05) is 11.9 Å². The summed E-state index contributed by atoms with van der Waals surface area (Å²) >= 11 is 0. The van der Waals surface area contributed by atoms with Crippen LogP contribution in [0.5, 0.6) is 0 Å². The summed E-state index contributed by atoms with van der Waals surface area (Å²) in [7, 11) is 1.76. The Kier molecular flexibility index (Phi) is 5.16. The summed E-state index contributed by atoms with van der Waals surface area (Å²) in [5, 5.41) is 10.3. The molecule has 7 nitrogen and oxygen atoms in total. The van der Waals surface area contributed by atoms with Crippen molar-refractivity contribution in [3.8, 4) is 0 Å². The minimum atomic E-state index is -4.39. The Bertz CT molecular complexity index is 690. The molecule has 0 spiro atoms. The fraction of sp³-hybridized carbons (Fsp3) is 0.308. The lowest BCUT2D eigenvalue weighted by Gasteiger charge is -2.07. The first kappa shape index (κ1) is 16.7.